The van der Waals surface area contributed by atoms with E-state index >= 15 is 0 Å². The number of H-pyrrole nitrogens is 1. The largest absolute Gasteiger partial charge is 0.465 e. The Kier molecular flexibility index (Phi) is 9.77. The molecule has 0 aliphatic heterocycles. The molecular formula is C20H35N5O5. The number of hydrogen-bond acceptors (Lipinski definition) is 7. The lowest BCUT2D eigenvalue weighted by atomic mass is 10.2. The van der Waals surface area contributed by atoms with Crippen LogP contribution in [-0.2, 0) is 20.9 Å². The normalized spacial score (nSPS) is 12.3. The number of carbonyl (C=O) groups excluding carboxylic acids is 2. The quantitative estimate of drug-likeness (QED) is 0.501. The summed E-state index contributed by atoms with van der Waals surface area (Å²) in [6.07, 6.45) is 1.44. The smallest absolute Gasteiger partial charge is 0.330 e. The van der Waals surface area contributed by atoms with Crippen molar-refractivity contribution in [2.45, 2.75) is 60.0 Å². The molecule has 0 aromatic carbocycles. The number of unbranched alkanes of at least 4 members (excludes halogenated alkanes) is 1. The van der Waals surface area contributed by atoms with Crippen molar-refractivity contribution < 1.29 is 14.3 Å². The van der Waals surface area contributed by atoms with E-state index in [0.717, 1.165) is 6.42 Å². The average molecular weight is 426 g/mol. The Hall–Kier alpha value is -2.62. The number of nitrogens with one attached hydrogen (secondary N) is 1. The summed E-state index contributed by atoms with van der Waals surface area (Å²) in [5.41, 5.74) is 4.84. The zero-order valence-electron chi connectivity index (χ0n) is 18.9. The van der Waals surface area contributed by atoms with Crippen LogP contribution in [0.2, 0.25) is 0 Å². The van der Waals surface area contributed by atoms with Crippen molar-refractivity contribution in [3.63, 3.8) is 0 Å². The topological polar surface area (TPSA) is 131 Å². The van der Waals surface area contributed by atoms with Crippen LogP contribution in [0.4, 0.5) is 11.5 Å². The second-order valence-electron chi connectivity index (χ2n) is 7.74. The summed E-state index contributed by atoms with van der Waals surface area (Å²) < 4.78 is 6.28. The molecule has 1 amide bonds. The fraction of sp³-hybridized carbons (Fsp3) is 0.700. The first-order valence-electron chi connectivity index (χ1n) is 10.3. The molecule has 0 saturated carbocycles. The van der Waals surface area contributed by atoms with Gasteiger partial charge in [0.25, 0.3) is 5.56 Å². The molecule has 170 valence electrons. The zero-order valence-corrected chi connectivity index (χ0v) is 18.9. The minimum absolute atomic E-state index is 0.0362. The van der Waals surface area contributed by atoms with Crippen LogP contribution in [-0.4, -0.2) is 59.1 Å². The van der Waals surface area contributed by atoms with Gasteiger partial charge < -0.3 is 15.4 Å². The van der Waals surface area contributed by atoms with Crippen LogP contribution in [0.3, 0.4) is 0 Å². The molecule has 0 spiro atoms. The third-order valence-electron chi connectivity index (χ3n) is 4.74. The standard InChI is InChI=1S/C20H35N5O5/c1-7-9-10-24(15(26)12-23(6)14(5)19(28)30-8-2)16-17(21)25(11-13(3)4)20(29)22-18(16)27/h13-14H,7-12,21H2,1-6H3,(H,22,27,29)/t14-/m0/s1. The summed E-state index contributed by atoms with van der Waals surface area (Å²) in [6.45, 7) is 9.86. The van der Waals surface area contributed by atoms with E-state index in [-0.39, 0.29) is 37.1 Å². The fourth-order valence-electron chi connectivity index (χ4n) is 2.94. The van der Waals surface area contributed by atoms with E-state index < -0.39 is 29.2 Å². The number of anilines is 2. The summed E-state index contributed by atoms with van der Waals surface area (Å²) in [5, 5.41) is 0. The second kappa shape index (κ2) is 11.5. The third-order valence-corrected chi connectivity index (χ3v) is 4.74. The Bertz CT molecular complexity index is 845. The molecule has 10 nitrogen and oxygen atoms in total. The molecule has 0 unspecified atom stereocenters. The van der Waals surface area contributed by atoms with Crippen LogP contribution in [0.25, 0.3) is 0 Å². The lowest BCUT2D eigenvalue weighted by Gasteiger charge is -2.28. The molecule has 3 N–H and O–H groups in total. The minimum atomic E-state index is -0.706. The van der Waals surface area contributed by atoms with Gasteiger partial charge in [-0.05, 0) is 33.2 Å². The van der Waals surface area contributed by atoms with E-state index in [9.17, 15) is 19.2 Å². The van der Waals surface area contributed by atoms with E-state index in [1.165, 1.54) is 9.47 Å². The molecule has 0 aliphatic carbocycles. The van der Waals surface area contributed by atoms with Crippen LogP contribution in [0.5, 0.6) is 0 Å². The molecule has 0 bridgehead atoms. The molecule has 0 aliphatic rings. The van der Waals surface area contributed by atoms with Gasteiger partial charge in [0.15, 0.2) is 5.69 Å². The summed E-state index contributed by atoms with van der Waals surface area (Å²) >= 11 is 0. The van der Waals surface area contributed by atoms with Gasteiger partial charge in [0, 0.05) is 13.1 Å². The van der Waals surface area contributed by atoms with Gasteiger partial charge in [-0.15, -0.1) is 0 Å². The molecule has 1 aromatic rings. The highest BCUT2D eigenvalue weighted by Gasteiger charge is 2.27. The van der Waals surface area contributed by atoms with Gasteiger partial charge in [-0.25, -0.2) is 4.79 Å². The maximum atomic E-state index is 13.1. The van der Waals surface area contributed by atoms with Gasteiger partial charge in [-0.2, -0.15) is 0 Å². The Morgan fingerprint density at radius 2 is 1.83 bits per heavy atom. The number of carbonyl (C=O) groups is 2. The predicted octanol–water partition coefficient (Wildman–Crippen LogP) is 0.791. The molecule has 1 rings (SSSR count). The number of nitrogens with two attached hydrogens (primary N) is 1. The van der Waals surface area contributed by atoms with Gasteiger partial charge in [0.1, 0.15) is 11.9 Å². The van der Waals surface area contributed by atoms with Crippen molar-refractivity contribution in [3.8, 4) is 0 Å². The maximum Gasteiger partial charge on any atom is 0.330 e. The Morgan fingerprint density at radius 3 is 2.37 bits per heavy atom. The van der Waals surface area contributed by atoms with Crippen LogP contribution in [0.1, 0.15) is 47.5 Å². The number of nitrogen functional groups attached to an aromatic ring is 1. The van der Waals surface area contributed by atoms with Crippen LogP contribution >= 0.6 is 0 Å². The van der Waals surface area contributed by atoms with Crippen LogP contribution in [0, 0.1) is 5.92 Å². The summed E-state index contributed by atoms with van der Waals surface area (Å²) in [5.74, 6) is -0.757. The summed E-state index contributed by atoms with van der Waals surface area (Å²) in [6, 6.07) is -0.632. The number of rotatable bonds is 11. The van der Waals surface area contributed by atoms with Crippen molar-refractivity contribution in [2.75, 3.05) is 37.4 Å². The summed E-state index contributed by atoms with van der Waals surface area (Å²) in [7, 11) is 1.63. The van der Waals surface area contributed by atoms with Crippen molar-refractivity contribution in [1.82, 2.24) is 14.5 Å². The number of aromatic amines is 1. The van der Waals surface area contributed by atoms with E-state index in [2.05, 4.69) is 4.98 Å². The number of likely N-dealkylation sites (N-methyl/N-ethyl adjacent to an activating group) is 1. The Labute approximate surface area is 177 Å². The highest BCUT2D eigenvalue weighted by atomic mass is 16.5. The van der Waals surface area contributed by atoms with E-state index in [4.69, 9.17) is 10.5 Å². The molecule has 30 heavy (non-hydrogen) atoms. The number of ether oxygens (including phenoxy) is 1. The van der Waals surface area contributed by atoms with Crippen LogP contribution in [0.15, 0.2) is 9.59 Å². The number of nitrogens with zero attached hydrogens (tertiary/aromatic N) is 3. The second-order valence-corrected chi connectivity index (χ2v) is 7.74. The fourth-order valence-corrected chi connectivity index (χ4v) is 2.94. The van der Waals surface area contributed by atoms with Crippen molar-refractivity contribution in [1.29, 1.82) is 0 Å². The predicted molar refractivity (Wildman–Crippen MR) is 117 cm³/mol. The summed E-state index contributed by atoms with van der Waals surface area (Å²) in [4.78, 5) is 55.0. The number of hydrogen-bond donors (Lipinski definition) is 2. The highest BCUT2D eigenvalue weighted by Crippen LogP contribution is 2.19. The van der Waals surface area contributed by atoms with Gasteiger partial charge in [0.2, 0.25) is 5.91 Å². The highest BCUT2D eigenvalue weighted by molar-refractivity contribution is 5.97. The number of amides is 1. The van der Waals surface area contributed by atoms with Gasteiger partial charge in [0.05, 0.1) is 13.2 Å². The van der Waals surface area contributed by atoms with Crippen molar-refractivity contribution in [2.24, 2.45) is 5.92 Å². The SMILES string of the molecule is CCCCN(C(=O)CN(C)[C@@H](C)C(=O)OCC)c1c(N)n(CC(C)C)c(=O)[nH]c1=O. The van der Waals surface area contributed by atoms with Crippen LogP contribution < -0.4 is 21.9 Å². The number of aromatic nitrogens is 2. The monoisotopic (exact) mass is 425 g/mol. The molecule has 0 radical (unpaired) electrons. The maximum absolute atomic E-state index is 13.1. The molecule has 10 heteroatoms. The van der Waals surface area contributed by atoms with E-state index in [0.29, 0.717) is 13.0 Å². The third kappa shape index (κ3) is 6.45. The van der Waals surface area contributed by atoms with E-state index in [1.807, 2.05) is 20.8 Å². The van der Waals surface area contributed by atoms with Crippen molar-refractivity contribution >= 4 is 23.4 Å². The zero-order chi connectivity index (χ0) is 23.0. The minimum Gasteiger partial charge on any atom is -0.465 e. The van der Waals surface area contributed by atoms with Gasteiger partial charge in [-0.1, -0.05) is 27.2 Å². The lowest BCUT2D eigenvalue weighted by Crippen LogP contribution is -2.48. The molecule has 1 atom stereocenters. The van der Waals surface area contributed by atoms with Gasteiger partial charge >= 0.3 is 11.7 Å². The first-order chi connectivity index (χ1) is 14.0. The molecule has 0 saturated heterocycles. The molecule has 0 fully saturated rings. The first-order valence-corrected chi connectivity index (χ1v) is 10.3. The molecular weight excluding hydrogens is 390 g/mol. The van der Waals surface area contributed by atoms with E-state index in [1.54, 1.807) is 25.8 Å². The molecule has 1 heterocycles. The molecule has 1 aromatic heterocycles. The number of esters is 1. The lowest BCUT2D eigenvalue weighted by molar-refractivity contribution is -0.148. The average Bonchev–Trinajstić information content (AvgIpc) is 2.66. The first kappa shape index (κ1) is 25.4. The van der Waals surface area contributed by atoms with Gasteiger partial charge in [-0.3, -0.25) is 28.8 Å². The Morgan fingerprint density at radius 1 is 1.20 bits per heavy atom. The van der Waals surface area contributed by atoms with Crippen molar-refractivity contribution in [3.05, 3.63) is 20.8 Å². The Balaban J connectivity index is 3.30.